The van der Waals surface area contributed by atoms with E-state index in [4.69, 9.17) is 9.47 Å². The number of anilines is 1. The molecule has 0 fully saturated rings. The van der Waals surface area contributed by atoms with Crippen molar-refractivity contribution in [2.75, 3.05) is 25.1 Å². The van der Waals surface area contributed by atoms with Crippen LogP contribution in [0.4, 0.5) is 5.95 Å². The van der Waals surface area contributed by atoms with Crippen molar-refractivity contribution in [1.29, 1.82) is 0 Å². The van der Waals surface area contributed by atoms with E-state index in [1.54, 1.807) is 6.20 Å². The summed E-state index contributed by atoms with van der Waals surface area (Å²) in [6, 6.07) is 0. The van der Waals surface area contributed by atoms with Gasteiger partial charge in [0.05, 0.1) is 23.4 Å². The smallest absolute Gasteiger partial charge is 0.232 e. The van der Waals surface area contributed by atoms with Gasteiger partial charge in [0.15, 0.2) is 0 Å². The Balaban J connectivity index is 2.47. The van der Waals surface area contributed by atoms with Gasteiger partial charge in [-0.15, -0.1) is 0 Å². The molecule has 0 spiro atoms. The van der Waals surface area contributed by atoms with Crippen LogP contribution in [0, 0.1) is 0 Å². The fourth-order valence-electron chi connectivity index (χ4n) is 1.20. The normalized spacial score (nSPS) is 10.7. The predicted molar refractivity (Wildman–Crippen MR) is 75.1 cm³/mol. The van der Waals surface area contributed by atoms with Gasteiger partial charge in [-0.3, -0.25) is 0 Å². The summed E-state index contributed by atoms with van der Waals surface area (Å²) in [6.45, 7) is 7.94. The fourth-order valence-corrected chi connectivity index (χ4v) is 1.50. The second-order valence-corrected chi connectivity index (χ2v) is 4.90. The Labute approximate surface area is 116 Å². The maximum Gasteiger partial charge on any atom is 0.232 e. The third-order valence-corrected chi connectivity index (χ3v) is 2.56. The lowest BCUT2D eigenvalue weighted by molar-refractivity contribution is 0.0540. The summed E-state index contributed by atoms with van der Waals surface area (Å²) < 4.78 is 11.7. The van der Waals surface area contributed by atoms with E-state index in [1.807, 2.05) is 13.8 Å². The van der Waals surface area contributed by atoms with Crippen molar-refractivity contribution in [3.63, 3.8) is 0 Å². The van der Waals surface area contributed by atoms with Gasteiger partial charge in [-0.25, -0.2) is 4.98 Å². The number of hydrogen-bond donors (Lipinski definition) is 1. The van der Waals surface area contributed by atoms with Crippen LogP contribution in [0.25, 0.3) is 0 Å². The van der Waals surface area contributed by atoms with E-state index in [2.05, 4.69) is 38.1 Å². The molecule has 0 saturated carbocycles. The van der Waals surface area contributed by atoms with Gasteiger partial charge in [0.2, 0.25) is 11.8 Å². The van der Waals surface area contributed by atoms with Crippen molar-refractivity contribution in [3.8, 4) is 5.88 Å². The lowest BCUT2D eigenvalue weighted by Gasteiger charge is -2.10. The number of halogens is 1. The summed E-state index contributed by atoms with van der Waals surface area (Å²) in [5.41, 5.74) is 0. The first-order chi connectivity index (χ1) is 8.63. The zero-order valence-corrected chi connectivity index (χ0v) is 12.7. The Bertz CT molecular complexity index is 361. The molecular weight excluding hydrogens is 298 g/mol. The Morgan fingerprint density at radius 2 is 2.17 bits per heavy atom. The third-order valence-electron chi connectivity index (χ3n) is 2.02. The summed E-state index contributed by atoms with van der Waals surface area (Å²) in [7, 11) is 0. The van der Waals surface area contributed by atoms with Crippen molar-refractivity contribution in [1.82, 2.24) is 9.97 Å². The molecule has 1 heterocycles. The molecule has 6 heteroatoms. The van der Waals surface area contributed by atoms with Crippen LogP contribution in [0.5, 0.6) is 5.88 Å². The minimum atomic E-state index is 0.212. The molecule has 0 atom stereocenters. The van der Waals surface area contributed by atoms with Crippen LogP contribution < -0.4 is 10.1 Å². The SMILES string of the molecule is CCCNc1ncc(Br)c(OCCOC(C)C)n1. The van der Waals surface area contributed by atoms with E-state index in [0.29, 0.717) is 25.0 Å². The summed E-state index contributed by atoms with van der Waals surface area (Å²) in [5, 5.41) is 3.12. The van der Waals surface area contributed by atoms with Crippen LogP contribution in [0.3, 0.4) is 0 Å². The molecule has 18 heavy (non-hydrogen) atoms. The van der Waals surface area contributed by atoms with Gasteiger partial charge in [0.1, 0.15) is 6.61 Å². The maximum absolute atomic E-state index is 5.54. The molecule has 1 aromatic rings. The zero-order chi connectivity index (χ0) is 13.4. The van der Waals surface area contributed by atoms with E-state index in [0.717, 1.165) is 17.4 Å². The van der Waals surface area contributed by atoms with Gasteiger partial charge in [-0.05, 0) is 36.2 Å². The van der Waals surface area contributed by atoms with E-state index >= 15 is 0 Å². The summed E-state index contributed by atoms with van der Waals surface area (Å²) >= 11 is 3.36. The molecule has 0 unspecified atom stereocenters. The Morgan fingerprint density at radius 3 is 2.83 bits per heavy atom. The number of rotatable bonds is 8. The quantitative estimate of drug-likeness (QED) is 0.747. The first-order valence-electron chi connectivity index (χ1n) is 6.14. The van der Waals surface area contributed by atoms with Gasteiger partial charge < -0.3 is 14.8 Å². The molecule has 0 amide bonds. The average molecular weight is 318 g/mol. The fraction of sp³-hybridized carbons (Fsp3) is 0.667. The highest BCUT2D eigenvalue weighted by Gasteiger charge is 2.06. The van der Waals surface area contributed by atoms with E-state index < -0.39 is 0 Å². The lowest BCUT2D eigenvalue weighted by atomic mass is 10.5. The van der Waals surface area contributed by atoms with Crippen LogP contribution >= 0.6 is 15.9 Å². The van der Waals surface area contributed by atoms with Gasteiger partial charge in [-0.1, -0.05) is 6.92 Å². The highest BCUT2D eigenvalue weighted by Crippen LogP contribution is 2.22. The highest BCUT2D eigenvalue weighted by molar-refractivity contribution is 9.10. The molecule has 0 aliphatic rings. The molecule has 0 radical (unpaired) electrons. The molecule has 1 N–H and O–H groups in total. The van der Waals surface area contributed by atoms with Crippen LogP contribution in [0.1, 0.15) is 27.2 Å². The second-order valence-electron chi connectivity index (χ2n) is 4.04. The van der Waals surface area contributed by atoms with Gasteiger partial charge in [-0.2, -0.15) is 4.98 Å². The molecular formula is C12H20BrN3O2. The number of aromatic nitrogens is 2. The Hall–Kier alpha value is -0.880. The number of nitrogens with zero attached hydrogens (tertiary/aromatic N) is 2. The van der Waals surface area contributed by atoms with E-state index in [1.165, 1.54) is 0 Å². The third kappa shape index (κ3) is 5.64. The predicted octanol–water partition coefficient (Wildman–Crippen LogP) is 2.86. The second kappa shape index (κ2) is 8.26. The summed E-state index contributed by atoms with van der Waals surface area (Å²) in [5.74, 6) is 1.12. The Kier molecular flexibility index (Phi) is 6.97. The molecule has 0 aromatic carbocycles. The largest absolute Gasteiger partial charge is 0.474 e. The minimum Gasteiger partial charge on any atom is -0.474 e. The first kappa shape index (κ1) is 15.2. The molecule has 1 aromatic heterocycles. The molecule has 0 saturated heterocycles. The van der Waals surface area contributed by atoms with Crippen LogP contribution in [-0.4, -0.2) is 35.8 Å². The lowest BCUT2D eigenvalue weighted by Crippen LogP contribution is -2.13. The van der Waals surface area contributed by atoms with Crippen molar-refractivity contribution in [2.24, 2.45) is 0 Å². The topological polar surface area (TPSA) is 56.3 Å². The van der Waals surface area contributed by atoms with Crippen LogP contribution in [0.15, 0.2) is 10.7 Å². The molecule has 0 bridgehead atoms. The van der Waals surface area contributed by atoms with Gasteiger partial charge in [0, 0.05) is 6.54 Å². The molecule has 1 rings (SSSR count). The van der Waals surface area contributed by atoms with Crippen LogP contribution in [0.2, 0.25) is 0 Å². The van der Waals surface area contributed by atoms with Gasteiger partial charge >= 0.3 is 0 Å². The number of ether oxygens (including phenoxy) is 2. The molecule has 5 nitrogen and oxygen atoms in total. The van der Waals surface area contributed by atoms with Crippen molar-refractivity contribution < 1.29 is 9.47 Å². The highest BCUT2D eigenvalue weighted by atomic mass is 79.9. The molecule has 0 aliphatic heterocycles. The van der Waals surface area contributed by atoms with Crippen molar-refractivity contribution in [2.45, 2.75) is 33.3 Å². The molecule has 102 valence electrons. The minimum absolute atomic E-state index is 0.212. The maximum atomic E-state index is 5.54. The van der Waals surface area contributed by atoms with Crippen molar-refractivity contribution >= 4 is 21.9 Å². The van der Waals surface area contributed by atoms with E-state index in [-0.39, 0.29) is 6.10 Å². The standard InChI is InChI=1S/C12H20BrN3O2/c1-4-5-14-12-15-8-10(13)11(16-12)18-7-6-17-9(2)3/h8-9H,4-7H2,1-3H3,(H,14,15,16). The number of nitrogens with one attached hydrogen (secondary N) is 1. The zero-order valence-electron chi connectivity index (χ0n) is 11.1. The van der Waals surface area contributed by atoms with Crippen LogP contribution in [-0.2, 0) is 4.74 Å². The monoisotopic (exact) mass is 317 g/mol. The summed E-state index contributed by atoms with van der Waals surface area (Å²) in [4.78, 5) is 8.43. The van der Waals surface area contributed by atoms with Gasteiger partial charge in [0.25, 0.3) is 0 Å². The first-order valence-corrected chi connectivity index (χ1v) is 6.93. The van der Waals surface area contributed by atoms with E-state index in [9.17, 15) is 0 Å². The van der Waals surface area contributed by atoms with Crippen molar-refractivity contribution in [3.05, 3.63) is 10.7 Å². The molecule has 0 aliphatic carbocycles. The summed E-state index contributed by atoms with van der Waals surface area (Å²) in [6.07, 6.45) is 2.92. The average Bonchev–Trinajstić information content (AvgIpc) is 2.34. The Morgan fingerprint density at radius 1 is 1.39 bits per heavy atom. The number of hydrogen-bond acceptors (Lipinski definition) is 5.